The molecule has 5 nitrogen and oxygen atoms in total. The molecule has 0 radical (unpaired) electrons. The first-order valence-electron chi connectivity index (χ1n) is 6.56. The predicted octanol–water partition coefficient (Wildman–Crippen LogP) is 1.51. The molecular weight excluding hydrogens is 240 g/mol. The first-order chi connectivity index (χ1) is 8.82. The Bertz CT molecular complexity index is 431. The number of nitrogens with zero attached hydrogens (tertiary/aromatic N) is 4. The second-order valence-electron chi connectivity index (χ2n) is 5.38. The number of rotatable bonds is 5. The van der Waals surface area contributed by atoms with Crippen LogP contribution in [0.5, 0.6) is 0 Å². The van der Waals surface area contributed by atoms with Gasteiger partial charge in [-0.15, -0.1) is 0 Å². The van der Waals surface area contributed by atoms with Gasteiger partial charge in [0.25, 0.3) is 0 Å². The highest BCUT2D eigenvalue weighted by Gasteiger charge is 2.20. The van der Waals surface area contributed by atoms with Crippen LogP contribution in [0.15, 0.2) is 12.3 Å². The number of carbonyl (C=O) groups is 1. The van der Waals surface area contributed by atoms with E-state index in [1.54, 1.807) is 25.2 Å². The van der Waals surface area contributed by atoms with Gasteiger partial charge in [0.05, 0.1) is 11.7 Å². The van der Waals surface area contributed by atoms with Crippen LogP contribution in [0.2, 0.25) is 0 Å². The lowest BCUT2D eigenvalue weighted by molar-refractivity contribution is -0.133. The summed E-state index contributed by atoms with van der Waals surface area (Å²) in [5.41, 5.74) is 0.944. The number of hydrogen-bond donors (Lipinski definition) is 0. The molecule has 0 saturated carbocycles. The first-order valence-corrected chi connectivity index (χ1v) is 6.56. The van der Waals surface area contributed by atoms with E-state index in [4.69, 9.17) is 0 Å². The van der Waals surface area contributed by atoms with Crippen molar-refractivity contribution < 1.29 is 4.79 Å². The third kappa shape index (κ3) is 4.28. The Hall–Kier alpha value is -1.49. The average Bonchev–Trinajstić information content (AvgIpc) is 2.37. The molecule has 19 heavy (non-hydrogen) atoms. The Labute approximate surface area is 115 Å². The topological polar surface area (TPSA) is 49.3 Å². The minimum atomic E-state index is -0.160. The molecule has 0 spiro atoms. The zero-order valence-electron chi connectivity index (χ0n) is 12.7. The fraction of sp³-hybridized carbons (Fsp3) is 0.643. The average molecular weight is 264 g/mol. The van der Waals surface area contributed by atoms with Crippen molar-refractivity contribution in [2.24, 2.45) is 0 Å². The summed E-state index contributed by atoms with van der Waals surface area (Å²) in [6.45, 7) is 6.69. The van der Waals surface area contributed by atoms with Gasteiger partial charge in [-0.2, -0.15) is 0 Å². The van der Waals surface area contributed by atoms with Crippen LogP contribution in [0.3, 0.4) is 0 Å². The molecule has 5 heteroatoms. The fourth-order valence-electron chi connectivity index (χ4n) is 1.73. The highest BCUT2D eigenvalue weighted by atomic mass is 16.2. The highest BCUT2D eigenvalue weighted by Crippen LogP contribution is 2.10. The summed E-state index contributed by atoms with van der Waals surface area (Å²) in [4.78, 5) is 24.3. The molecule has 0 aliphatic heterocycles. The maximum absolute atomic E-state index is 11.9. The molecule has 0 unspecified atom stereocenters. The maximum Gasteiger partial charge on any atom is 0.239 e. The fourth-order valence-corrected chi connectivity index (χ4v) is 1.73. The number of amides is 1. The molecule has 0 saturated heterocycles. The van der Waals surface area contributed by atoms with E-state index in [-0.39, 0.29) is 11.9 Å². The molecule has 1 amide bonds. The molecule has 0 fully saturated rings. The van der Waals surface area contributed by atoms with Gasteiger partial charge in [0.15, 0.2) is 0 Å². The molecule has 106 valence electrons. The van der Waals surface area contributed by atoms with Crippen molar-refractivity contribution in [3.8, 4) is 0 Å². The summed E-state index contributed by atoms with van der Waals surface area (Å²) in [7, 11) is 5.48. The summed E-state index contributed by atoms with van der Waals surface area (Å²) in [5.74, 6) is 1.25. The molecule has 0 aromatic carbocycles. The van der Waals surface area contributed by atoms with Gasteiger partial charge in [-0.25, -0.2) is 9.97 Å². The van der Waals surface area contributed by atoms with E-state index >= 15 is 0 Å². The van der Waals surface area contributed by atoms with E-state index in [1.165, 1.54) is 0 Å². The van der Waals surface area contributed by atoms with Gasteiger partial charge in [0.2, 0.25) is 5.91 Å². The predicted molar refractivity (Wildman–Crippen MR) is 75.7 cm³/mol. The van der Waals surface area contributed by atoms with Gasteiger partial charge in [-0.3, -0.25) is 9.69 Å². The van der Waals surface area contributed by atoms with Crippen LogP contribution in [0.4, 0.5) is 0 Å². The van der Waals surface area contributed by atoms with Crippen molar-refractivity contribution in [3.05, 3.63) is 23.8 Å². The Morgan fingerprint density at radius 2 is 1.89 bits per heavy atom. The van der Waals surface area contributed by atoms with Gasteiger partial charge < -0.3 is 4.90 Å². The molecule has 0 aliphatic rings. The van der Waals surface area contributed by atoms with Gasteiger partial charge in [-0.1, -0.05) is 13.8 Å². The van der Waals surface area contributed by atoms with Crippen LogP contribution in [-0.4, -0.2) is 52.9 Å². The summed E-state index contributed by atoms with van der Waals surface area (Å²) in [5, 5.41) is 0. The summed E-state index contributed by atoms with van der Waals surface area (Å²) in [6.07, 6.45) is 1.78. The maximum atomic E-state index is 11.9. The van der Waals surface area contributed by atoms with Crippen LogP contribution in [0.25, 0.3) is 0 Å². The van der Waals surface area contributed by atoms with Crippen LogP contribution < -0.4 is 0 Å². The Morgan fingerprint density at radius 3 is 2.42 bits per heavy atom. The van der Waals surface area contributed by atoms with Crippen LogP contribution >= 0.6 is 0 Å². The monoisotopic (exact) mass is 264 g/mol. The third-order valence-electron chi connectivity index (χ3n) is 3.12. The lowest BCUT2D eigenvalue weighted by Gasteiger charge is -2.26. The third-order valence-corrected chi connectivity index (χ3v) is 3.12. The van der Waals surface area contributed by atoms with E-state index < -0.39 is 0 Å². The van der Waals surface area contributed by atoms with Crippen LogP contribution in [-0.2, 0) is 11.3 Å². The molecule has 1 atom stereocenters. The largest absolute Gasteiger partial charge is 0.347 e. The highest BCUT2D eigenvalue weighted by molar-refractivity contribution is 5.80. The van der Waals surface area contributed by atoms with E-state index in [9.17, 15) is 4.79 Å². The number of hydrogen-bond acceptors (Lipinski definition) is 4. The lowest BCUT2D eigenvalue weighted by atomic mass is 10.2. The number of likely N-dealkylation sites (N-methyl/N-ethyl adjacent to an activating group) is 2. The number of aromatic nitrogens is 2. The van der Waals surface area contributed by atoms with Crippen molar-refractivity contribution in [2.75, 3.05) is 21.1 Å². The molecule has 0 N–H and O–H groups in total. The molecule has 1 heterocycles. The standard InChI is InChI=1S/C14H24N4O/c1-10(2)13-15-8-7-12(16-13)9-18(6)11(3)14(19)17(4)5/h7-8,10-11H,9H2,1-6H3/t11-/m1/s1. The van der Waals surface area contributed by atoms with E-state index in [2.05, 4.69) is 23.8 Å². The number of carbonyl (C=O) groups excluding carboxylic acids is 1. The summed E-state index contributed by atoms with van der Waals surface area (Å²) >= 11 is 0. The van der Waals surface area contributed by atoms with Crippen molar-refractivity contribution in [2.45, 2.75) is 39.3 Å². The molecule has 1 aromatic heterocycles. The SMILES string of the molecule is CC(C)c1nccc(CN(C)[C@H](C)C(=O)N(C)C)n1. The summed E-state index contributed by atoms with van der Waals surface area (Å²) < 4.78 is 0. The van der Waals surface area contributed by atoms with Crippen molar-refractivity contribution in [1.29, 1.82) is 0 Å². The summed E-state index contributed by atoms with van der Waals surface area (Å²) in [6, 6.07) is 1.74. The quantitative estimate of drug-likeness (QED) is 0.809. The van der Waals surface area contributed by atoms with Crippen molar-refractivity contribution >= 4 is 5.91 Å². The van der Waals surface area contributed by atoms with Gasteiger partial charge >= 0.3 is 0 Å². The second kappa shape index (κ2) is 6.61. The Balaban J connectivity index is 2.74. The second-order valence-corrected chi connectivity index (χ2v) is 5.38. The molecule has 1 aromatic rings. The normalized spacial score (nSPS) is 12.8. The van der Waals surface area contributed by atoms with E-state index in [0.717, 1.165) is 11.5 Å². The minimum Gasteiger partial charge on any atom is -0.347 e. The van der Waals surface area contributed by atoms with Crippen molar-refractivity contribution in [3.63, 3.8) is 0 Å². The van der Waals surface area contributed by atoms with E-state index in [1.807, 2.05) is 24.9 Å². The first kappa shape index (κ1) is 15.6. The Morgan fingerprint density at radius 1 is 1.26 bits per heavy atom. The zero-order chi connectivity index (χ0) is 14.6. The molecule has 1 rings (SSSR count). The van der Waals surface area contributed by atoms with E-state index in [0.29, 0.717) is 12.5 Å². The van der Waals surface area contributed by atoms with Gasteiger partial charge in [-0.05, 0) is 20.0 Å². The molecular formula is C14H24N4O. The Kier molecular flexibility index (Phi) is 5.42. The zero-order valence-corrected chi connectivity index (χ0v) is 12.7. The molecule has 0 aliphatic carbocycles. The lowest BCUT2D eigenvalue weighted by Crippen LogP contribution is -2.42. The van der Waals surface area contributed by atoms with Crippen LogP contribution in [0, 0.1) is 0 Å². The van der Waals surface area contributed by atoms with Crippen molar-refractivity contribution in [1.82, 2.24) is 19.8 Å². The minimum absolute atomic E-state index is 0.0978. The van der Waals surface area contributed by atoms with Gasteiger partial charge in [0.1, 0.15) is 5.82 Å². The van der Waals surface area contributed by atoms with Gasteiger partial charge in [0, 0.05) is 32.8 Å². The molecule has 0 bridgehead atoms. The van der Waals surface area contributed by atoms with Crippen LogP contribution in [0.1, 0.15) is 38.2 Å². The smallest absolute Gasteiger partial charge is 0.239 e.